The minimum absolute atomic E-state index is 0.0672. The van der Waals surface area contributed by atoms with Crippen molar-refractivity contribution < 1.29 is 13.5 Å². The molecule has 0 bridgehead atoms. The van der Waals surface area contributed by atoms with E-state index in [9.17, 15) is 8.78 Å². The molecule has 1 rings (SSSR count). The fourth-order valence-corrected chi connectivity index (χ4v) is 1.13. The number of hydrogen-bond acceptors (Lipinski definition) is 3. The van der Waals surface area contributed by atoms with E-state index < -0.39 is 17.5 Å². The van der Waals surface area contributed by atoms with Gasteiger partial charge >= 0.3 is 0 Å². The highest BCUT2D eigenvalue weighted by Crippen LogP contribution is 2.48. The summed E-state index contributed by atoms with van der Waals surface area (Å²) in [5, 5.41) is 2.34. The van der Waals surface area contributed by atoms with E-state index in [1.54, 1.807) is 0 Å². The van der Waals surface area contributed by atoms with Crippen LogP contribution in [0.4, 0.5) is 8.78 Å². The van der Waals surface area contributed by atoms with Crippen LogP contribution in [0.3, 0.4) is 0 Å². The molecule has 1 aliphatic rings. The topological polar surface area (TPSA) is 59.6 Å². The van der Waals surface area contributed by atoms with Gasteiger partial charge in [-0.2, -0.15) is 4.99 Å². The zero-order valence-corrected chi connectivity index (χ0v) is 9.73. The van der Waals surface area contributed by atoms with Crippen LogP contribution in [0.2, 0.25) is 0 Å². The van der Waals surface area contributed by atoms with Crippen LogP contribution >= 0.6 is 23.2 Å². The van der Waals surface area contributed by atoms with E-state index in [4.69, 9.17) is 33.7 Å². The average Bonchev–Trinajstić information content (AvgIpc) is 2.68. The Morgan fingerprint density at radius 3 is 2.69 bits per heavy atom. The zero-order valence-electron chi connectivity index (χ0n) is 8.22. The van der Waals surface area contributed by atoms with Crippen molar-refractivity contribution in [1.82, 2.24) is 5.32 Å². The summed E-state index contributed by atoms with van der Waals surface area (Å²) in [5.41, 5.74) is 4.27. The molecule has 2 atom stereocenters. The quantitative estimate of drug-likeness (QED) is 0.270. The highest BCUT2D eigenvalue weighted by molar-refractivity contribution is 6.29. The van der Waals surface area contributed by atoms with Gasteiger partial charge in [-0.25, -0.2) is 8.78 Å². The summed E-state index contributed by atoms with van der Waals surface area (Å²) < 4.78 is 30.0. The highest BCUT2D eigenvalue weighted by Gasteiger charge is 2.57. The van der Waals surface area contributed by atoms with Crippen LogP contribution < -0.4 is 11.1 Å². The molecule has 1 fully saturated rings. The number of aliphatic imine (C=N–C) groups is 1. The summed E-state index contributed by atoms with van der Waals surface area (Å²) in [6.07, 6.45) is -0.185. The Balaban J connectivity index is 2.42. The van der Waals surface area contributed by atoms with Crippen LogP contribution in [0.1, 0.15) is 6.42 Å². The molecule has 0 saturated heterocycles. The SMILES string of the molecule is C=C(Cl)/N=C(\N[C@@H](N)Cl)OCC1CC1(F)F. The summed E-state index contributed by atoms with van der Waals surface area (Å²) >= 11 is 10.8. The molecule has 1 aliphatic carbocycles. The Labute approximate surface area is 101 Å². The molecule has 8 heteroatoms. The molecule has 3 N–H and O–H groups in total. The lowest BCUT2D eigenvalue weighted by molar-refractivity contribution is 0.0831. The van der Waals surface area contributed by atoms with Crippen LogP contribution in [0.25, 0.3) is 0 Å². The fourth-order valence-electron chi connectivity index (χ4n) is 0.964. The van der Waals surface area contributed by atoms with Gasteiger partial charge in [0, 0.05) is 6.42 Å². The molecule has 4 nitrogen and oxygen atoms in total. The van der Waals surface area contributed by atoms with Crippen LogP contribution in [0.15, 0.2) is 16.7 Å². The van der Waals surface area contributed by atoms with Crippen molar-refractivity contribution in [3.8, 4) is 0 Å². The number of rotatable bonds is 4. The van der Waals surface area contributed by atoms with E-state index in [1.807, 2.05) is 0 Å². The fraction of sp³-hybridized carbons (Fsp3) is 0.625. The van der Waals surface area contributed by atoms with Crippen molar-refractivity contribution >= 4 is 29.2 Å². The minimum Gasteiger partial charge on any atom is -0.464 e. The second-order valence-corrected chi connectivity index (χ2v) is 4.22. The number of amidine groups is 1. The Hall–Kier alpha value is -0.590. The second-order valence-electron chi connectivity index (χ2n) is 3.31. The van der Waals surface area contributed by atoms with Gasteiger partial charge in [-0.3, -0.25) is 5.73 Å². The molecule has 0 radical (unpaired) electrons. The lowest BCUT2D eigenvalue weighted by atomic mass is 10.4. The van der Waals surface area contributed by atoms with Gasteiger partial charge in [0.25, 0.3) is 11.9 Å². The molecular formula is C8H11Cl2F2N3O. The molecule has 0 aliphatic heterocycles. The van der Waals surface area contributed by atoms with Crippen molar-refractivity contribution in [2.75, 3.05) is 6.61 Å². The first-order valence-electron chi connectivity index (χ1n) is 4.41. The second kappa shape index (κ2) is 5.16. The van der Waals surface area contributed by atoms with Gasteiger partial charge in [0.05, 0.1) is 5.92 Å². The molecule has 92 valence electrons. The van der Waals surface area contributed by atoms with Crippen LogP contribution in [-0.2, 0) is 4.74 Å². The summed E-state index contributed by atoms with van der Waals surface area (Å²) in [6.45, 7) is 3.13. The zero-order chi connectivity index (χ0) is 12.3. The first-order valence-corrected chi connectivity index (χ1v) is 5.22. The van der Waals surface area contributed by atoms with Crippen molar-refractivity contribution in [3.63, 3.8) is 0 Å². The van der Waals surface area contributed by atoms with Gasteiger partial charge in [-0.1, -0.05) is 29.8 Å². The van der Waals surface area contributed by atoms with E-state index in [0.29, 0.717) is 0 Å². The Morgan fingerprint density at radius 2 is 2.31 bits per heavy atom. The van der Waals surface area contributed by atoms with Crippen molar-refractivity contribution in [1.29, 1.82) is 0 Å². The summed E-state index contributed by atoms with van der Waals surface area (Å²) in [7, 11) is 0. The van der Waals surface area contributed by atoms with Gasteiger partial charge in [0.15, 0.2) is 5.62 Å². The lowest BCUT2D eigenvalue weighted by Gasteiger charge is -2.12. The lowest BCUT2D eigenvalue weighted by Crippen LogP contribution is -2.38. The summed E-state index contributed by atoms with van der Waals surface area (Å²) in [6, 6.07) is -0.120. The number of halogens is 4. The smallest absolute Gasteiger partial charge is 0.292 e. The number of ether oxygens (including phenoxy) is 1. The number of nitrogens with zero attached hydrogens (tertiary/aromatic N) is 1. The van der Waals surface area contributed by atoms with Crippen LogP contribution in [0, 0.1) is 5.92 Å². The third-order valence-corrected chi connectivity index (χ3v) is 2.05. The van der Waals surface area contributed by atoms with E-state index in [-0.39, 0.29) is 24.2 Å². The molecule has 1 saturated carbocycles. The number of nitrogens with one attached hydrogen (secondary N) is 1. The predicted octanol–water partition coefficient (Wildman–Crippen LogP) is 1.79. The molecule has 0 amide bonds. The van der Waals surface area contributed by atoms with Crippen molar-refractivity contribution in [2.45, 2.75) is 18.0 Å². The van der Waals surface area contributed by atoms with Crippen LogP contribution in [-0.4, -0.2) is 24.2 Å². The minimum atomic E-state index is -2.65. The largest absolute Gasteiger partial charge is 0.464 e. The van der Waals surface area contributed by atoms with Gasteiger partial charge in [0.1, 0.15) is 11.8 Å². The number of alkyl halides is 3. The molecule has 0 spiro atoms. The van der Waals surface area contributed by atoms with Gasteiger partial charge < -0.3 is 10.1 Å². The standard InChI is InChI=1S/C8H11Cl2F2N3O/c1-4(9)14-7(15-6(10)13)16-3-5-2-8(5,11)12/h5-6H,1-3,13H2,(H,14,15)/t5?,6-/m1/s1. The predicted molar refractivity (Wildman–Crippen MR) is 58.4 cm³/mol. The molecule has 1 unspecified atom stereocenters. The van der Waals surface area contributed by atoms with Gasteiger partial charge in [-0.15, -0.1) is 0 Å². The van der Waals surface area contributed by atoms with Gasteiger partial charge in [0.2, 0.25) is 0 Å². The molecule has 16 heavy (non-hydrogen) atoms. The van der Waals surface area contributed by atoms with E-state index >= 15 is 0 Å². The molecule has 0 aromatic heterocycles. The Bertz CT molecular complexity index is 310. The Kier molecular flexibility index (Phi) is 4.35. The molecular weight excluding hydrogens is 263 g/mol. The van der Waals surface area contributed by atoms with E-state index in [1.165, 1.54) is 0 Å². The third kappa shape index (κ3) is 4.51. The maximum Gasteiger partial charge on any atom is 0.292 e. The third-order valence-electron chi connectivity index (χ3n) is 1.86. The molecule has 0 aromatic carbocycles. The molecule has 0 aromatic rings. The maximum atomic E-state index is 12.5. The highest BCUT2D eigenvalue weighted by atomic mass is 35.5. The first kappa shape index (κ1) is 13.5. The van der Waals surface area contributed by atoms with Gasteiger partial charge in [-0.05, 0) is 0 Å². The van der Waals surface area contributed by atoms with E-state index in [0.717, 1.165) is 0 Å². The normalized spacial score (nSPS) is 24.8. The van der Waals surface area contributed by atoms with Crippen molar-refractivity contribution in [3.05, 3.63) is 11.7 Å². The average molecular weight is 274 g/mol. The number of hydrogen-bond donors (Lipinski definition) is 2. The summed E-state index contributed by atoms with van der Waals surface area (Å²) in [5.74, 6) is -3.44. The van der Waals surface area contributed by atoms with E-state index in [2.05, 4.69) is 16.9 Å². The number of nitrogens with two attached hydrogens (primary N) is 1. The monoisotopic (exact) mass is 273 g/mol. The Morgan fingerprint density at radius 1 is 1.75 bits per heavy atom. The van der Waals surface area contributed by atoms with Crippen LogP contribution in [0.5, 0.6) is 0 Å². The first-order chi connectivity index (χ1) is 7.31. The summed E-state index contributed by atoms with van der Waals surface area (Å²) in [4.78, 5) is 3.61. The van der Waals surface area contributed by atoms with Crippen molar-refractivity contribution in [2.24, 2.45) is 16.6 Å². The maximum absolute atomic E-state index is 12.5. The molecule has 0 heterocycles.